The first-order valence-corrected chi connectivity index (χ1v) is 8.09. The van der Waals surface area contributed by atoms with Gasteiger partial charge in [0.2, 0.25) is 5.41 Å². The van der Waals surface area contributed by atoms with Crippen molar-refractivity contribution in [2.75, 3.05) is 13.2 Å². The molecule has 0 amide bonds. The topological polar surface area (TPSA) is 61.8 Å². The predicted molar refractivity (Wildman–Crippen MR) is 89.2 cm³/mol. The molecule has 130 valence electrons. The first-order valence-electron chi connectivity index (χ1n) is 8.09. The van der Waals surface area contributed by atoms with E-state index in [9.17, 15) is 9.59 Å². The minimum atomic E-state index is -1.71. The summed E-state index contributed by atoms with van der Waals surface area (Å²) in [5, 5.41) is 0. The van der Waals surface area contributed by atoms with Crippen molar-refractivity contribution < 1.29 is 23.8 Å². The third-order valence-corrected chi connectivity index (χ3v) is 4.31. The van der Waals surface area contributed by atoms with Gasteiger partial charge in [-0.1, -0.05) is 36.9 Å². The lowest BCUT2D eigenvalue weighted by atomic mass is 9.71. The molecule has 1 saturated heterocycles. The Kier molecular flexibility index (Phi) is 5.13. The van der Waals surface area contributed by atoms with Crippen LogP contribution in [-0.2, 0) is 23.8 Å². The Bertz CT molecular complexity index is 614. The molecule has 0 N–H and O–H groups in total. The van der Waals surface area contributed by atoms with Crippen molar-refractivity contribution in [1.82, 2.24) is 0 Å². The van der Waals surface area contributed by atoms with E-state index in [4.69, 9.17) is 14.2 Å². The molecule has 0 bridgehead atoms. The molecule has 0 aromatic heterocycles. The molecular formula is C19H24O5. The molecule has 1 aliphatic rings. The van der Waals surface area contributed by atoms with Crippen LogP contribution in [0.5, 0.6) is 0 Å². The monoisotopic (exact) mass is 332 g/mol. The first kappa shape index (κ1) is 18.2. The second kappa shape index (κ2) is 6.77. The number of esters is 2. The van der Waals surface area contributed by atoms with Crippen molar-refractivity contribution in [2.24, 2.45) is 5.41 Å². The van der Waals surface area contributed by atoms with E-state index >= 15 is 0 Å². The molecule has 5 heteroatoms. The summed E-state index contributed by atoms with van der Waals surface area (Å²) in [6, 6.07) is 9.13. The molecule has 1 fully saturated rings. The lowest BCUT2D eigenvalue weighted by molar-refractivity contribution is -0.174. The quantitative estimate of drug-likeness (QED) is 0.471. The molecule has 1 aromatic rings. The van der Waals surface area contributed by atoms with Crippen LogP contribution in [0.4, 0.5) is 0 Å². The summed E-state index contributed by atoms with van der Waals surface area (Å²) in [5.41, 5.74) is -1.54. The van der Waals surface area contributed by atoms with Gasteiger partial charge in [-0.25, -0.2) is 0 Å². The highest BCUT2D eigenvalue weighted by Gasteiger charge is 2.67. The molecule has 1 unspecified atom stereocenters. The van der Waals surface area contributed by atoms with Gasteiger partial charge in [0.25, 0.3) is 0 Å². The SMILES string of the molecule is C=C1C(C)(C)OC(c2ccccc2)C1(C(=O)OCC)C(=O)OCC. The number of ether oxygens (including phenoxy) is 3. The molecule has 24 heavy (non-hydrogen) atoms. The molecule has 5 nitrogen and oxygen atoms in total. The van der Waals surface area contributed by atoms with E-state index in [2.05, 4.69) is 6.58 Å². The van der Waals surface area contributed by atoms with Crippen LogP contribution in [0.25, 0.3) is 0 Å². The van der Waals surface area contributed by atoms with Crippen molar-refractivity contribution in [3.8, 4) is 0 Å². The van der Waals surface area contributed by atoms with Gasteiger partial charge in [0.05, 0.1) is 18.8 Å². The van der Waals surface area contributed by atoms with Crippen LogP contribution in [0, 0.1) is 5.41 Å². The normalized spacial score (nSPS) is 21.3. The van der Waals surface area contributed by atoms with Gasteiger partial charge in [0, 0.05) is 0 Å². The summed E-state index contributed by atoms with van der Waals surface area (Å²) in [6.45, 7) is 11.3. The highest BCUT2D eigenvalue weighted by molar-refractivity contribution is 6.05. The van der Waals surface area contributed by atoms with Gasteiger partial charge in [-0.2, -0.15) is 0 Å². The van der Waals surface area contributed by atoms with Crippen molar-refractivity contribution in [2.45, 2.75) is 39.4 Å². The van der Waals surface area contributed by atoms with Crippen LogP contribution >= 0.6 is 0 Å². The lowest BCUT2D eigenvalue weighted by Gasteiger charge is -2.30. The summed E-state index contributed by atoms with van der Waals surface area (Å²) < 4.78 is 16.6. The fraction of sp³-hybridized carbons (Fsp3) is 0.474. The van der Waals surface area contributed by atoms with Gasteiger partial charge in [0.1, 0.15) is 6.10 Å². The van der Waals surface area contributed by atoms with Gasteiger partial charge in [-0.15, -0.1) is 0 Å². The summed E-state index contributed by atoms with van der Waals surface area (Å²) >= 11 is 0. The third kappa shape index (κ3) is 2.73. The zero-order valence-electron chi connectivity index (χ0n) is 14.6. The highest BCUT2D eigenvalue weighted by atomic mass is 16.6. The zero-order chi connectivity index (χ0) is 18.0. The fourth-order valence-electron chi connectivity index (χ4n) is 3.07. The first-order chi connectivity index (χ1) is 11.3. The summed E-state index contributed by atoms with van der Waals surface area (Å²) in [6.07, 6.45) is -0.848. The number of benzene rings is 1. The summed E-state index contributed by atoms with van der Waals surface area (Å²) in [5.74, 6) is -1.37. The van der Waals surface area contributed by atoms with Crippen LogP contribution in [0.3, 0.4) is 0 Å². The maximum atomic E-state index is 12.9. The molecule has 1 atom stereocenters. The minimum Gasteiger partial charge on any atom is -0.465 e. The van der Waals surface area contributed by atoms with E-state index in [-0.39, 0.29) is 13.2 Å². The van der Waals surface area contributed by atoms with E-state index < -0.39 is 29.1 Å². The highest BCUT2D eigenvalue weighted by Crippen LogP contribution is 2.56. The van der Waals surface area contributed by atoms with Crippen LogP contribution < -0.4 is 0 Å². The van der Waals surface area contributed by atoms with Crippen LogP contribution in [0.1, 0.15) is 39.4 Å². The largest absolute Gasteiger partial charge is 0.465 e. The number of hydrogen-bond acceptors (Lipinski definition) is 5. The third-order valence-electron chi connectivity index (χ3n) is 4.31. The molecular weight excluding hydrogens is 308 g/mol. The second-order valence-corrected chi connectivity index (χ2v) is 6.15. The van der Waals surface area contributed by atoms with Gasteiger partial charge >= 0.3 is 11.9 Å². The summed E-state index contributed by atoms with van der Waals surface area (Å²) in [4.78, 5) is 25.8. The van der Waals surface area contributed by atoms with Crippen molar-refractivity contribution in [3.63, 3.8) is 0 Å². The molecule has 1 aliphatic heterocycles. The number of carbonyl (C=O) groups excluding carboxylic acids is 2. The van der Waals surface area contributed by atoms with Gasteiger partial charge in [0.15, 0.2) is 0 Å². The molecule has 1 aromatic carbocycles. The molecule has 2 rings (SSSR count). The lowest BCUT2D eigenvalue weighted by Crippen LogP contribution is -2.46. The molecule has 0 spiro atoms. The Morgan fingerprint density at radius 2 is 1.58 bits per heavy atom. The summed E-state index contributed by atoms with van der Waals surface area (Å²) in [7, 11) is 0. The molecule has 0 saturated carbocycles. The fourth-order valence-corrected chi connectivity index (χ4v) is 3.07. The number of hydrogen-bond donors (Lipinski definition) is 0. The van der Waals surface area contributed by atoms with E-state index in [1.54, 1.807) is 27.7 Å². The number of carbonyl (C=O) groups is 2. The van der Waals surface area contributed by atoms with E-state index in [0.29, 0.717) is 11.1 Å². The number of rotatable bonds is 5. The van der Waals surface area contributed by atoms with E-state index in [1.807, 2.05) is 30.3 Å². The predicted octanol–water partition coefficient (Wildman–Crippen LogP) is 3.21. The Labute approximate surface area is 142 Å². The maximum absolute atomic E-state index is 12.9. The Morgan fingerprint density at radius 1 is 1.08 bits per heavy atom. The maximum Gasteiger partial charge on any atom is 0.330 e. The van der Waals surface area contributed by atoms with Gasteiger partial charge < -0.3 is 14.2 Å². The van der Waals surface area contributed by atoms with Gasteiger partial charge in [-0.3, -0.25) is 9.59 Å². The Balaban J connectivity index is 2.67. The van der Waals surface area contributed by atoms with E-state index in [0.717, 1.165) is 0 Å². The van der Waals surface area contributed by atoms with E-state index in [1.165, 1.54) is 0 Å². The van der Waals surface area contributed by atoms with Crippen molar-refractivity contribution >= 4 is 11.9 Å². The molecule has 0 radical (unpaired) electrons. The Hall–Kier alpha value is -2.14. The second-order valence-electron chi connectivity index (χ2n) is 6.15. The van der Waals surface area contributed by atoms with Gasteiger partial charge in [-0.05, 0) is 38.8 Å². The molecule has 0 aliphatic carbocycles. The smallest absolute Gasteiger partial charge is 0.330 e. The molecule has 1 heterocycles. The van der Waals surface area contributed by atoms with Crippen LogP contribution in [0.2, 0.25) is 0 Å². The van der Waals surface area contributed by atoms with Crippen molar-refractivity contribution in [3.05, 3.63) is 48.0 Å². The Morgan fingerprint density at radius 3 is 2.04 bits per heavy atom. The average Bonchev–Trinajstić information content (AvgIpc) is 2.77. The van der Waals surface area contributed by atoms with Crippen LogP contribution in [0.15, 0.2) is 42.5 Å². The minimum absolute atomic E-state index is 0.148. The zero-order valence-corrected chi connectivity index (χ0v) is 14.6. The van der Waals surface area contributed by atoms with Crippen molar-refractivity contribution in [1.29, 1.82) is 0 Å². The van der Waals surface area contributed by atoms with Crippen LogP contribution in [-0.4, -0.2) is 30.8 Å². The average molecular weight is 332 g/mol. The standard InChI is InChI=1S/C19H24O5/c1-6-22-16(20)19(17(21)23-7-2)13(3)18(4,5)24-15(19)14-11-9-8-10-12-14/h8-12,15H,3,6-7H2,1-2,4-5H3.